The summed E-state index contributed by atoms with van der Waals surface area (Å²) in [7, 11) is 0. The Hall–Kier alpha value is -0.870. The zero-order valence-corrected chi connectivity index (χ0v) is 12.9. The Balaban J connectivity index is 1.49. The van der Waals surface area contributed by atoms with Crippen LogP contribution in [0.4, 0.5) is 0 Å². The summed E-state index contributed by atoms with van der Waals surface area (Å²) in [4.78, 5) is 0. The molecule has 0 aromatic carbocycles. The van der Waals surface area contributed by atoms with Crippen molar-refractivity contribution in [3.63, 3.8) is 0 Å². The molecule has 1 aliphatic carbocycles. The molecule has 1 saturated heterocycles. The monoisotopic (exact) mass is 292 g/mol. The van der Waals surface area contributed by atoms with Gasteiger partial charge < -0.3 is 9.84 Å². The first kappa shape index (κ1) is 15.0. The lowest BCUT2D eigenvalue weighted by atomic mass is 9.96. The fourth-order valence-electron chi connectivity index (χ4n) is 3.66. The van der Waals surface area contributed by atoms with Gasteiger partial charge in [-0.15, -0.1) is 0 Å². The van der Waals surface area contributed by atoms with Crippen molar-refractivity contribution in [2.45, 2.75) is 82.5 Å². The molecule has 2 fully saturated rings. The van der Waals surface area contributed by atoms with Gasteiger partial charge in [0.1, 0.15) is 0 Å². The quantitative estimate of drug-likeness (QED) is 0.906. The van der Waals surface area contributed by atoms with Crippen LogP contribution in [0.15, 0.2) is 12.3 Å². The molecule has 0 radical (unpaired) electrons. The van der Waals surface area contributed by atoms with E-state index in [1.165, 1.54) is 44.9 Å². The summed E-state index contributed by atoms with van der Waals surface area (Å²) in [6.07, 6.45) is 13.4. The number of hydrogen-bond acceptors (Lipinski definition) is 3. The zero-order valence-electron chi connectivity index (χ0n) is 12.9. The largest absolute Gasteiger partial charge is 0.393 e. The molecule has 1 aromatic heterocycles. The van der Waals surface area contributed by atoms with Gasteiger partial charge in [0.2, 0.25) is 0 Å². The minimum absolute atomic E-state index is 0.245. The van der Waals surface area contributed by atoms with Crippen molar-refractivity contribution in [1.29, 1.82) is 0 Å². The Morgan fingerprint density at radius 1 is 1.19 bits per heavy atom. The van der Waals surface area contributed by atoms with Crippen molar-refractivity contribution in [2.24, 2.45) is 0 Å². The molecular weight excluding hydrogens is 264 g/mol. The first-order chi connectivity index (χ1) is 10.3. The van der Waals surface area contributed by atoms with Crippen molar-refractivity contribution in [1.82, 2.24) is 9.78 Å². The first-order valence-corrected chi connectivity index (χ1v) is 8.65. The van der Waals surface area contributed by atoms with Gasteiger partial charge in [0.15, 0.2) is 0 Å². The van der Waals surface area contributed by atoms with E-state index in [2.05, 4.69) is 22.0 Å². The highest BCUT2D eigenvalue weighted by molar-refractivity contribution is 5.02. The molecule has 1 N–H and O–H groups in total. The lowest BCUT2D eigenvalue weighted by Gasteiger charge is -2.24. The summed E-state index contributed by atoms with van der Waals surface area (Å²) >= 11 is 0. The molecule has 4 heteroatoms. The lowest BCUT2D eigenvalue weighted by Crippen LogP contribution is -2.26. The number of aliphatic hydroxyl groups is 1. The van der Waals surface area contributed by atoms with Crippen LogP contribution in [-0.4, -0.2) is 33.7 Å². The van der Waals surface area contributed by atoms with E-state index < -0.39 is 0 Å². The predicted octanol–water partition coefficient (Wildman–Crippen LogP) is 3.25. The van der Waals surface area contributed by atoms with E-state index in [-0.39, 0.29) is 12.2 Å². The fraction of sp³-hybridized carbons (Fsp3) is 0.824. The molecule has 2 unspecified atom stereocenters. The second-order valence-electron chi connectivity index (χ2n) is 6.66. The van der Waals surface area contributed by atoms with Crippen LogP contribution in [0.2, 0.25) is 0 Å². The highest BCUT2D eigenvalue weighted by Gasteiger charge is 2.20. The van der Waals surface area contributed by atoms with Gasteiger partial charge in [-0.05, 0) is 44.6 Å². The van der Waals surface area contributed by atoms with E-state index in [1.54, 1.807) is 0 Å². The van der Waals surface area contributed by atoms with Gasteiger partial charge in [-0.25, -0.2) is 0 Å². The van der Waals surface area contributed by atoms with Crippen molar-refractivity contribution < 1.29 is 9.84 Å². The molecule has 0 bridgehead atoms. The van der Waals surface area contributed by atoms with Crippen LogP contribution in [0.25, 0.3) is 0 Å². The molecular formula is C17H28N2O2. The number of aliphatic hydroxyl groups excluding tert-OH is 1. The predicted molar refractivity (Wildman–Crippen MR) is 82.3 cm³/mol. The third kappa shape index (κ3) is 4.30. The van der Waals surface area contributed by atoms with Crippen LogP contribution in [0, 0.1) is 0 Å². The molecule has 2 atom stereocenters. The molecule has 0 spiro atoms. The van der Waals surface area contributed by atoms with Crippen molar-refractivity contribution in [3.8, 4) is 0 Å². The molecule has 4 nitrogen and oxygen atoms in total. The van der Waals surface area contributed by atoms with Crippen LogP contribution in [-0.2, 0) is 11.2 Å². The van der Waals surface area contributed by atoms with E-state index in [0.717, 1.165) is 25.1 Å². The van der Waals surface area contributed by atoms with Gasteiger partial charge in [-0.2, -0.15) is 5.10 Å². The van der Waals surface area contributed by atoms with E-state index >= 15 is 0 Å². The van der Waals surface area contributed by atoms with Gasteiger partial charge in [-0.1, -0.05) is 19.3 Å². The molecule has 1 aromatic rings. The summed E-state index contributed by atoms with van der Waals surface area (Å²) < 4.78 is 7.82. The van der Waals surface area contributed by atoms with Crippen LogP contribution < -0.4 is 0 Å². The van der Waals surface area contributed by atoms with E-state index in [4.69, 9.17) is 4.74 Å². The number of rotatable bonds is 5. The molecule has 1 saturated carbocycles. The van der Waals surface area contributed by atoms with E-state index in [0.29, 0.717) is 12.5 Å². The number of ether oxygens (including phenoxy) is 1. The summed E-state index contributed by atoms with van der Waals surface area (Å²) in [5, 5.41) is 14.9. The van der Waals surface area contributed by atoms with Gasteiger partial charge in [0.05, 0.1) is 23.9 Å². The first-order valence-electron chi connectivity index (χ1n) is 8.65. The second kappa shape index (κ2) is 7.41. The van der Waals surface area contributed by atoms with Crippen molar-refractivity contribution in [2.75, 3.05) is 6.61 Å². The van der Waals surface area contributed by atoms with Gasteiger partial charge in [-0.3, -0.25) is 4.68 Å². The normalized spacial score (nSPS) is 25.9. The van der Waals surface area contributed by atoms with Crippen LogP contribution in [0.5, 0.6) is 0 Å². The minimum atomic E-state index is -0.331. The van der Waals surface area contributed by atoms with Crippen LogP contribution >= 0.6 is 0 Å². The molecule has 118 valence electrons. The molecule has 21 heavy (non-hydrogen) atoms. The van der Waals surface area contributed by atoms with E-state index in [9.17, 15) is 5.11 Å². The maximum atomic E-state index is 10.2. The van der Waals surface area contributed by atoms with Crippen LogP contribution in [0.3, 0.4) is 0 Å². The Morgan fingerprint density at radius 2 is 2.00 bits per heavy atom. The Kier molecular flexibility index (Phi) is 5.31. The lowest BCUT2D eigenvalue weighted by molar-refractivity contribution is -0.0149. The summed E-state index contributed by atoms with van der Waals surface area (Å²) in [5.74, 6) is 0. The maximum Gasteiger partial charge on any atom is 0.0650 e. The highest BCUT2D eigenvalue weighted by atomic mass is 16.5. The standard InChI is InChI=1S/C17H28N2O2/c20-16(13-17-8-4-5-11-21-17)12-14-9-10-19(18-14)15-6-2-1-3-7-15/h9-10,15-17,20H,1-8,11-13H2. The third-order valence-electron chi connectivity index (χ3n) is 4.87. The SMILES string of the molecule is OC(Cc1ccn(C2CCCCC2)n1)CC1CCCCO1. The average molecular weight is 292 g/mol. The van der Waals surface area contributed by atoms with Crippen LogP contribution in [0.1, 0.15) is 69.5 Å². The summed E-state index contributed by atoms with van der Waals surface area (Å²) in [5.41, 5.74) is 1.02. The van der Waals surface area contributed by atoms with Gasteiger partial charge in [0, 0.05) is 19.2 Å². The Morgan fingerprint density at radius 3 is 2.76 bits per heavy atom. The smallest absolute Gasteiger partial charge is 0.0650 e. The molecule has 2 heterocycles. The zero-order chi connectivity index (χ0) is 14.5. The fourth-order valence-corrected chi connectivity index (χ4v) is 3.66. The van der Waals surface area contributed by atoms with E-state index in [1.807, 2.05) is 0 Å². The maximum absolute atomic E-state index is 10.2. The Labute approximate surface area is 127 Å². The highest BCUT2D eigenvalue weighted by Crippen LogP contribution is 2.27. The molecule has 3 rings (SSSR count). The topological polar surface area (TPSA) is 47.3 Å². The van der Waals surface area contributed by atoms with Crippen molar-refractivity contribution in [3.05, 3.63) is 18.0 Å². The average Bonchev–Trinajstić information content (AvgIpc) is 2.97. The van der Waals surface area contributed by atoms with Crippen molar-refractivity contribution >= 4 is 0 Å². The number of nitrogens with zero attached hydrogens (tertiary/aromatic N) is 2. The molecule has 1 aliphatic heterocycles. The third-order valence-corrected chi connectivity index (χ3v) is 4.87. The second-order valence-corrected chi connectivity index (χ2v) is 6.66. The Bertz CT molecular complexity index is 420. The van der Waals surface area contributed by atoms with Gasteiger partial charge >= 0.3 is 0 Å². The molecule has 0 amide bonds. The summed E-state index contributed by atoms with van der Waals surface area (Å²) in [6.45, 7) is 0.855. The van der Waals surface area contributed by atoms with Gasteiger partial charge in [0.25, 0.3) is 0 Å². The number of aromatic nitrogens is 2. The molecule has 2 aliphatic rings. The minimum Gasteiger partial charge on any atom is -0.393 e. The number of hydrogen-bond donors (Lipinski definition) is 1. The summed E-state index contributed by atoms with van der Waals surface area (Å²) in [6, 6.07) is 2.64.